The molecular formula is C21H22N2O3. The molecule has 2 heterocycles. The van der Waals surface area contributed by atoms with Crippen LogP contribution in [-0.2, 0) is 6.61 Å². The lowest BCUT2D eigenvalue weighted by Crippen LogP contribution is -2.43. The number of nitrogens with zero attached hydrogens (tertiary/aromatic N) is 1. The Morgan fingerprint density at radius 2 is 1.88 bits per heavy atom. The summed E-state index contributed by atoms with van der Waals surface area (Å²) in [7, 11) is 0. The predicted molar refractivity (Wildman–Crippen MR) is 103 cm³/mol. The van der Waals surface area contributed by atoms with Crippen LogP contribution in [0.4, 0.5) is 5.88 Å². The molecule has 5 heteroatoms. The highest BCUT2D eigenvalue weighted by atomic mass is 16.5. The highest BCUT2D eigenvalue weighted by Gasteiger charge is 2.17. The van der Waals surface area contributed by atoms with Crippen LogP contribution in [0.25, 0.3) is 11.0 Å². The van der Waals surface area contributed by atoms with Crippen LogP contribution in [0.5, 0.6) is 5.75 Å². The molecule has 0 radical (unpaired) electrons. The molecule has 26 heavy (non-hydrogen) atoms. The van der Waals surface area contributed by atoms with Crippen molar-refractivity contribution < 1.29 is 9.15 Å². The molecule has 0 aliphatic carbocycles. The highest BCUT2D eigenvalue weighted by Crippen LogP contribution is 2.29. The summed E-state index contributed by atoms with van der Waals surface area (Å²) in [5.74, 6) is 1.37. The molecular weight excluding hydrogens is 328 g/mol. The third kappa shape index (κ3) is 3.30. The van der Waals surface area contributed by atoms with Gasteiger partial charge < -0.3 is 19.4 Å². The minimum Gasteiger partial charge on any atom is -0.488 e. The third-order valence-corrected chi connectivity index (χ3v) is 4.75. The third-order valence-electron chi connectivity index (χ3n) is 4.75. The summed E-state index contributed by atoms with van der Waals surface area (Å²) in [4.78, 5) is 14.6. The lowest BCUT2D eigenvalue weighted by molar-refractivity contribution is 0.304. The summed E-state index contributed by atoms with van der Waals surface area (Å²) in [6.45, 7) is 5.86. The summed E-state index contributed by atoms with van der Waals surface area (Å²) in [6, 6.07) is 15.3. The second kappa shape index (κ2) is 7.22. The van der Waals surface area contributed by atoms with Gasteiger partial charge in [0.2, 0.25) is 0 Å². The van der Waals surface area contributed by atoms with Crippen molar-refractivity contribution in [2.24, 2.45) is 0 Å². The molecule has 0 amide bonds. The number of hydrogen-bond donors (Lipinski definition) is 1. The molecule has 1 fully saturated rings. The first-order valence-electron chi connectivity index (χ1n) is 8.92. The van der Waals surface area contributed by atoms with Gasteiger partial charge >= 0.3 is 0 Å². The standard InChI is InChI=1S/C21H22N2O3/c1-15-19(25-14-16-5-3-2-4-6-16)8-7-17-18(24)13-20(26-21(15)17)23-11-9-22-10-12-23/h2-8,13,22H,9-12,14H2,1H3. The van der Waals surface area contributed by atoms with Gasteiger partial charge in [0.25, 0.3) is 0 Å². The van der Waals surface area contributed by atoms with Crippen LogP contribution in [0, 0.1) is 6.92 Å². The number of aryl methyl sites for hydroxylation is 1. The highest BCUT2D eigenvalue weighted by molar-refractivity contribution is 5.82. The Morgan fingerprint density at radius 1 is 1.12 bits per heavy atom. The van der Waals surface area contributed by atoms with E-state index < -0.39 is 0 Å². The van der Waals surface area contributed by atoms with E-state index in [2.05, 4.69) is 10.2 Å². The Bertz CT molecular complexity index is 960. The number of fused-ring (bicyclic) bond motifs is 1. The molecule has 0 spiro atoms. The average molecular weight is 350 g/mol. The number of hydrogen-bond acceptors (Lipinski definition) is 5. The van der Waals surface area contributed by atoms with E-state index in [1.54, 1.807) is 12.1 Å². The monoisotopic (exact) mass is 350 g/mol. The predicted octanol–water partition coefficient (Wildman–Crippen LogP) is 3.09. The number of nitrogens with one attached hydrogen (secondary N) is 1. The van der Waals surface area contributed by atoms with Gasteiger partial charge in [-0.15, -0.1) is 0 Å². The normalized spacial score (nSPS) is 14.6. The van der Waals surface area contributed by atoms with Crippen molar-refractivity contribution >= 4 is 16.9 Å². The van der Waals surface area contributed by atoms with Gasteiger partial charge in [-0.2, -0.15) is 0 Å². The van der Waals surface area contributed by atoms with Gasteiger partial charge in [-0.05, 0) is 24.6 Å². The first-order valence-corrected chi connectivity index (χ1v) is 8.92. The van der Waals surface area contributed by atoms with Crippen LogP contribution in [0.15, 0.2) is 57.7 Å². The van der Waals surface area contributed by atoms with Crippen molar-refractivity contribution in [1.82, 2.24) is 5.32 Å². The van der Waals surface area contributed by atoms with Crippen LogP contribution in [0.2, 0.25) is 0 Å². The van der Waals surface area contributed by atoms with E-state index in [0.717, 1.165) is 43.1 Å². The van der Waals surface area contributed by atoms with Gasteiger partial charge in [-0.3, -0.25) is 4.79 Å². The Labute approximate surface area is 152 Å². The van der Waals surface area contributed by atoms with Crippen LogP contribution >= 0.6 is 0 Å². The van der Waals surface area contributed by atoms with Gasteiger partial charge in [-0.25, -0.2) is 0 Å². The van der Waals surface area contributed by atoms with Crippen LogP contribution in [0.3, 0.4) is 0 Å². The molecule has 3 aromatic rings. The van der Waals surface area contributed by atoms with E-state index in [0.29, 0.717) is 23.5 Å². The first-order chi connectivity index (χ1) is 12.7. The summed E-state index contributed by atoms with van der Waals surface area (Å²) in [6.07, 6.45) is 0. The zero-order chi connectivity index (χ0) is 17.9. The molecule has 4 rings (SSSR count). The van der Waals surface area contributed by atoms with E-state index in [9.17, 15) is 4.79 Å². The molecule has 5 nitrogen and oxygen atoms in total. The van der Waals surface area contributed by atoms with E-state index in [1.165, 1.54) is 0 Å². The Kier molecular flexibility index (Phi) is 4.63. The number of piperazine rings is 1. The quantitative estimate of drug-likeness (QED) is 0.784. The van der Waals surface area contributed by atoms with Crippen molar-refractivity contribution in [3.63, 3.8) is 0 Å². The van der Waals surface area contributed by atoms with Crippen molar-refractivity contribution in [1.29, 1.82) is 0 Å². The molecule has 2 aromatic carbocycles. The van der Waals surface area contributed by atoms with Crippen molar-refractivity contribution in [2.75, 3.05) is 31.1 Å². The Hall–Kier alpha value is -2.79. The van der Waals surface area contributed by atoms with Crippen molar-refractivity contribution in [3.05, 3.63) is 69.9 Å². The molecule has 0 atom stereocenters. The smallest absolute Gasteiger partial charge is 0.200 e. The lowest BCUT2D eigenvalue weighted by atomic mass is 10.1. The van der Waals surface area contributed by atoms with Gasteiger partial charge in [0.1, 0.15) is 17.9 Å². The second-order valence-corrected chi connectivity index (χ2v) is 6.53. The van der Waals surface area contributed by atoms with Crippen LogP contribution in [-0.4, -0.2) is 26.2 Å². The minimum absolute atomic E-state index is 0.0162. The van der Waals surface area contributed by atoms with E-state index in [1.807, 2.05) is 43.3 Å². The van der Waals surface area contributed by atoms with E-state index in [4.69, 9.17) is 9.15 Å². The maximum Gasteiger partial charge on any atom is 0.200 e. The zero-order valence-corrected chi connectivity index (χ0v) is 14.8. The Balaban J connectivity index is 1.67. The number of rotatable bonds is 4. The zero-order valence-electron chi connectivity index (χ0n) is 14.8. The molecule has 0 saturated carbocycles. The molecule has 1 aliphatic heterocycles. The average Bonchev–Trinajstić information content (AvgIpc) is 2.69. The fourth-order valence-corrected chi connectivity index (χ4v) is 3.26. The maximum atomic E-state index is 12.5. The van der Waals surface area contributed by atoms with Gasteiger partial charge in [0, 0.05) is 37.8 Å². The van der Waals surface area contributed by atoms with Gasteiger partial charge in [0.15, 0.2) is 11.3 Å². The molecule has 1 aromatic heterocycles. The lowest BCUT2D eigenvalue weighted by Gasteiger charge is -2.27. The van der Waals surface area contributed by atoms with Crippen LogP contribution in [0.1, 0.15) is 11.1 Å². The minimum atomic E-state index is -0.0162. The van der Waals surface area contributed by atoms with Crippen LogP contribution < -0.4 is 20.4 Å². The van der Waals surface area contributed by atoms with E-state index in [-0.39, 0.29) is 5.43 Å². The Morgan fingerprint density at radius 3 is 2.65 bits per heavy atom. The summed E-state index contributed by atoms with van der Waals surface area (Å²) >= 11 is 0. The maximum absolute atomic E-state index is 12.5. The van der Waals surface area contributed by atoms with Gasteiger partial charge in [-0.1, -0.05) is 30.3 Å². The summed E-state index contributed by atoms with van der Waals surface area (Å²) in [5.41, 5.74) is 2.55. The number of ether oxygens (including phenoxy) is 1. The fourth-order valence-electron chi connectivity index (χ4n) is 3.26. The molecule has 0 unspecified atom stereocenters. The second-order valence-electron chi connectivity index (χ2n) is 6.53. The summed E-state index contributed by atoms with van der Waals surface area (Å²) in [5, 5.41) is 3.90. The van der Waals surface area contributed by atoms with Crippen molar-refractivity contribution in [2.45, 2.75) is 13.5 Å². The molecule has 134 valence electrons. The number of anilines is 1. The van der Waals surface area contributed by atoms with Gasteiger partial charge in [0.05, 0.1) is 5.39 Å². The SMILES string of the molecule is Cc1c(OCc2ccccc2)ccc2c(=O)cc(N3CCNCC3)oc12. The first kappa shape index (κ1) is 16.7. The molecule has 1 saturated heterocycles. The van der Waals surface area contributed by atoms with E-state index >= 15 is 0 Å². The summed E-state index contributed by atoms with van der Waals surface area (Å²) < 4.78 is 12.1. The fraction of sp³-hybridized carbons (Fsp3) is 0.286. The molecule has 1 aliphatic rings. The van der Waals surface area contributed by atoms with Crippen molar-refractivity contribution in [3.8, 4) is 5.75 Å². The number of benzene rings is 2. The molecule has 1 N–H and O–H groups in total. The largest absolute Gasteiger partial charge is 0.488 e. The topological polar surface area (TPSA) is 54.7 Å². The molecule has 0 bridgehead atoms.